The molecule has 12 N–H and O–H groups in total. The number of aliphatic carboxylic acids is 1. The number of carbonyl (C=O) groups is 6. The number of aromatic hydroxyl groups is 2. The van der Waals surface area contributed by atoms with Crippen LogP contribution in [0.15, 0.2) is 48.5 Å². The highest BCUT2D eigenvalue weighted by atomic mass is 33.1. The molecular formula is C36H52N6O11S2. The summed E-state index contributed by atoms with van der Waals surface area (Å²) in [7, 11) is 3.07. The van der Waals surface area contributed by atoms with E-state index in [1.165, 1.54) is 66.2 Å². The van der Waals surface area contributed by atoms with Gasteiger partial charge in [0.1, 0.15) is 35.9 Å². The number of hydrogen-bond donors (Lipinski definition) is 11. The second-order valence-corrected chi connectivity index (χ2v) is 16.0. The van der Waals surface area contributed by atoms with Crippen LogP contribution in [0.1, 0.15) is 45.2 Å². The number of carbonyl (C=O) groups excluding carboxylic acids is 5. The number of rotatable bonds is 23. The van der Waals surface area contributed by atoms with Crippen molar-refractivity contribution in [3.63, 3.8) is 0 Å². The zero-order valence-corrected chi connectivity index (χ0v) is 32.7. The Bertz CT molecular complexity index is 1570. The third-order valence-electron chi connectivity index (χ3n) is 7.92. The summed E-state index contributed by atoms with van der Waals surface area (Å²) in [5.41, 5.74) is 6.36. The van der Waals surface area contributed by atoms with Gasteiger partial charge in [-0.15, -0.1) is 0 Å². The molecule has 0 spiro atoms. The number of aliphatic hydroxyl groups excluding tert-OH is 2. The number of aliphatic hydroxyl groups is 2. The van der Waals surface area contributed by atoms with Gasteiger partial charge in [0.25, 0.3) is 0 Å². The Labute approximate surface area is 327 Å². The summed E-state index contributed by atoms with van der Waals surface area (Å²) < 4.78 is 0. The minimum atomic E-state index is -1.61. The van der Waals surface area contributed by atoms with Gasteiger partial charge >= 0.3 is 5.97 Å². The molecule has 0 bridgehead atoms. The lowest BCUT2D eigenvalue weighted by molar-refractivity contribution is -0.141. The van der Waals surface area contributed by atoms with Gasteiger partial charge in [0.2, 0.25) is 29.5 Å². The highest BCUT2D eigenvalue weighted by Crippen LogP contribution is 2.26. The molecule has 55 heavy (non-hydrogen) atoms. The first-order valence-corrected chi connectivity index (χ1v) is 20.0. The molecule has 0 aliphatic rings. The quantitative estimate of drug-likeness (QED) is 0.0392. The Balaban J connectivity index is 2.34. The van der Waals surface area contributed by atoms with Gasteiger partial charge in [0.15, 0.2) is 0 Å². The Kier molecular flexibility index (Phi) is 19.8. The van der Waals surface area contributed by atoms with Crippen LogP contribution in [0, 0.1) is 11.8 Å². The smallest absolute Gasteiger partial charge is 0.305 e. The molecule has 0 radical (unpaired) electrons. The van der Waals surface area contributed by atoms with Gasteiger partial charge in [-0.2, -0.15) is 0 Å². The molecule has 0 aromatic heterocycles. The van der Waals surface area contributed by atoms with E-state index >= 15 is 0 Å². The summed E-state index contributed by atoms with van der Waals surface area (Å²) in [4.78, 5) is 78.4. The Hall–Kier alpha value is -4.56. The van der Waals surface area contributed by atoms with Crippen molar-refractivity contribution in [3.05, 3.63) is 59.7 Å². The van der Waals surface area contributed by atoms with Gasteiger partial charge < -0.3 is 57.9 Å². The molecule has 5 amide bonds. The Morgan fingerprint density at radius 3 is 1.56 bits per heavy atom. The maximum Gasteiger partial charge on any atom is 0.305 e. The number of hydrogen-bond acceptors (Lipinski definition) is 13. The molecule has 0 aliphatic carbocycles. The van der Waals surface area contributed by atoms with Crippen molar-refractivity contribution < 1.29 is 54.3 Å². The lowest BCUT2D eigenvalue weighted by Gasteiger charge is -2.26. The molecule has 304 valence electrons. The van der Waals surface area contributed by atoms with Crippen LogP contribution in [0.2, 0.25) is 0 Å². The van der Waals surface area contributed by atoms with Crippen LogP contribution < -0.4 is 32.3 Å². The van der Waals surface area contributed by atoms with Crippen molar-refractivity contribution in [1.82, 2.24) is 26.6 Å². The molecule has 17 nitrogen and oxygen atoms in total. The third-order valence-corrected chi connectivity index (χ3v) is 10.8. The molecule has 2 rings (SSSR count). The maximum absolute atomic E-state index is 14.0. The van der Waals surface area contributed by atoms with Crippen molar-refractivity contribution in [2.24, 2.45) is 17.6 Å². The van der Waals surface area contributed by atoms with Crippen molar-refractivity contribution >= 4 is 57.1 Å². The van der Waals surface area contributed by atoms with Crippen LogP contribution in [0.25, 0.3) is 0 Å². The highest BCUT2D eigenvalue weighted by Gasteiger charge is 2.32. The standard InChI is InChI=1S/C36H52N6O11S2/c1-19(2)17-54-55-18-20(3)33(50)39-28(15-30(47)48)36(53)41-27(14-23-7-11-25(45)12-8-23)35(52)40-26(13-22-5-9-24(44)10-6-22)34(51)38-16-29(46)42-31(21(4)43)32(37)49/h5-12,19-21,26-28,31-32,43-45,49H,13-18,37H2,1-4H3,(H,38,51)(H,39,50)(H,40,52)(H,41,53)(H,42,46)(H,47,48)/t20-,21?,26-,27-,28-,31-,32?/m0/s1. The lowest BCUT2D eigenvalue weighted by Crippen LogP contribution is -2.59. The number of nitrogens with one attached hydrogen (secondary N) is 5. The molecule has 0 fully saturated rings. The number of benzene rings is 2. The minimum absolute atomic E-state index is 0.0574. The molecule has 0 aliphatic heterocycles. The minimum Gasteiger partial charge on any atom is -0.508 e. The molecule has 2 aromatic rings. The molecule has 19 heteroatoms. The van der Waals surface area contributed by atoms with Crippen LogP contribution in [-0.2, 0) is 41.6 Å². The zero-order chi connectivity index (χ0) is 41.2. The first-order chi connectivity index (χ1) is 25.9. The van der Waals surface area contributed by atoms with E-state index in [0.29, 0.717) is 22.8 Å². The fourth-order valence-electron chi connectivity index (χ4n) is 4.83. The normalized spacial score (nSPS) is 15.0. The summed E-state index contributed by atoms with van der Waals surface area (Å²) in [5, 5.41) is 60.9. The van der Waals surface area contributed by atoms with Crippen molar-refractivity contribution in [2.75, 3.05) is 18.1 Å². The first kappa shape index (κ1) is 46.6. The third kappa shape index (κ3) is 17.6. The summed E-state index contributed by atoms with van der Waals surface area (Å²) in [6.07, 6.45) is -3.97. The highest BCUT2D eigenvalue weighted by molar-refractivity contribution is 8.76. The van der Waals surface area contributed by atoms with Crippen LogP contribution in [0.5, 0.6) is 11.5 Å². The van der Waals surface area contributed by atoms with Gasteiger partial charge in [0, 0.05) is 30.3 Å². The summed E-state index contributed by atoms with van der Waals surface area (Å²) in [6, 6.07) is 5.80. The summed E-state index contributed by atoms with van der Waals surface area (Å²) in [5.74, 6) is -4.46. The van der Waals surface area contributed by atoms with Gasteiger partial charge in [0.05, 0.1) is 25.1 Å². The van der Waals surface area contributed by atoms with E-state index in [0.717, 1.165) is 5.75 Å². The van der Waals surface area contributed by atoms with Crippen molar-refractivity contribution in [1.29, 1.82) is 0 Å². The van der Waals surface area contributed by atoms with Gasteiger partial charge in [-0.05, 0) is 48.2 Å². The summed E-state index contributed by atoms with van der Waals surface area (Å²) in [6.45, 7) is 6.42. The molecule has 2 unspecified atom stereocenters. The first-order valence-electron chi connectivity index (χ1n) is 17.5. The average Bonchev–Trinajstić information content (AvgIpc) is 3.11. The molecule has 7 atom stereocenters. The number of carboxylic acids is 1. The van der Waals surface area contributed by atoms with Gasteiger partial charge in [-0.3, -0.25) is 28.8 Å². The fourth-order valence-corrected chi connectivity index (χ4v) is 7.65. The van der Waals surface area contributed by atoms with Crippen LogP contribution in [-0.4, -0.2) is 116 Å². The molecule has 0 saturated heterocycles. The molecule has 0 saturated carbocycles. The van der Waals surface area contributed by atoms with E-state index in [1.807, 2.05) is 0 Å². The van der Waals surface area contributed by atoms with Crippen LogP contribution in [0.3, 0.4) is 0 Å². The van der Waals surface area contributed by atoms with Gasteiger partial charge in [-0.25, -0.2) is 0 Å². The van der Waals surface area contributed by atoms with Crippen molar-refractivity contribution in [3.8, 4) is 11.5 Å². The Morgan fingerprint density at radius 1 is 0.655 bits per heavy atom. The molecule has 2 aromatic carbocycles. The van der Waals surface area contributed by atoms with E-state index in [1.54, 1.807) is 17.7 Å². The number of carboxylic acid groups (broad SMARTS) is 1. The van der Waals surface area contributed by atoms with Crippen LogP contribution in [0.4, 0.5) is 0 Å². The van der Waals surface area contributed by atoms with E-state index < -0.39 is 90.9 Å². The monoisotopic (exact) mass is 808 g/mol. The number of phenols is 2. The predicted octanol–water partition coefficient (Wildman–Crippen LogP) is -0.255. The topological polar surface area (TPSA) is 290 Å². The lowest BCUT2D eigenvalue weighted by atomic mass is 10.0. The second kappa shape index (κ2) is 23.4. The van der Waals surface area contributed by atoms with E-state index in [4.69, 9.17) is 5.73 Å². The SMILES string of the molecule is CC(C)CSSC[C@H](C)C(=O)N[C@@H](CC(=O)O)C(=O)N[C@@H](Cc1ccc(O)cc1)C(=O)N[C@@H](Cc1ccc(O)cc1)C(=O)NCC(=O)N[C@@H](C(C)O)C(N)O. The van der Waals surface area contributed by atoms with E-state index in [2.05, 4.69) is 40.4 Å². The van der Waals surface area contributed by atoms with Crippen LogP contribution >= 0.6 is 21.6 Å². The predicted molar refractivity (Wildman–Crippen MR) is 207 cm³/mol. The molecular weight excluding hydrogens is 757 g/mol. The largest absolute Gasteiger partial charge is 0.508 e. The second-order valence-electron chi connectivity index (χ2n) is 13.4. The number of nitrogens with two attached hydrogens (primary N) is 1. The summed E-state index contributed by atoms with van der Waals surface area (Å²) >= 11 is 0. The Morgan fingerprint density at radius 2 is 1.11 bits per heavy atom. The van der Waals surface area contributed by atoms with E-state index in [-0.39, 0.29) is 24.3 Å². The van der Waals surface area contributed by atoms with E-state index in [9.17, 15) is 54.3 Å². The van der Waals surface area contributed by atoms with Gasteiger partial charge in [-0.1, -0.05) is 66.6 Å². The maximum atomic E-state index is 14.0. The fraction of sp³-hybridized carbons (Fsp3) is 0.500. The number of phenolic OH excluding ortho intramolecular Hbond substituents is 2. The zero-order valence-electron chi connectivity index (χ0n) is 31.1. The average molecular weight is 809 g/mol. The number of amides is 5. The van der Waals surface area contributed by atoms with Crippen molar-refractivity contribution in [2.45, 2.75) is 83.5 Å². The molecule has 0 heterocycles.